The number of β-amino-alcohol motifs (C(OH)–C–C–N with tert-alkyl or cyclic N) is 1. The summed E-state index contributed by atoms with van der Waals surface area (Å²) in [6.07, 6.45) is -0.453. The number of carbonyl (C=O) groups excluding carboxylic acids is 1. The van der Waals surface area contributed by atoms with Crippen LogP contribution < -0.4 is 10.6 Å². The number of benzene rings is 1. The highest BCUT2D eigenvalue weighted by Gasteiger charge is 2.25. The standard InChI is InChI=1S/C16H17FN2O3/c17-12-4-2-1-3-11(12)14-5-6-15(22-14)16(21)19-8-10-7-18-9-13(10)20/h1-6,10,13,18,20H,7-9H2,(H,19,21). The van der Waals surface area contributed by atoms with Crippen LogP contribution >= 0.6 is 0 Å². The minimum atomic E-state index is -0.453. The Morgan fingerprint density at radius 1 is 1.32 bits per heavy atom. The van der Waals surface area contributed by atoms with E-state index >= 15 is 0 Å². The summed E-state index contributed by atoms with van der Waals surface area (Å²) in [5.74, 6) is -0.347. The van der Waals surface area contributed by atoms with Crippen molar-refractivity contribution in [2.45, 2.75) is 6.10 Å². The average molecular weight is 304 g/mol. The van der Waals surface area contributed by atoms with Crippen molar-refractivity contribution in [3.63, 3.8) is 0 Å². The molecule has 2 atom stereocenters. The highest BCUT2D eigenvalue weighted by molar-refractivity contribution is 5.92. The fraction of sp³-hybridized carbons (Fsp3) is 0.312. The van der Waals surface area contributed by atoms with Crippen LogP contribution in [-0.2, 0) is 0 Å². The van der Waals surface area contributed by atoms with Gasteiger partial charge in [-0.25, -0.2) is 4.39 Å². The van der Waals surface area contributed by atoms with E-state index in [1.165, 1.54) is 12.1 Å². The number of halogens is 1. The Balaban J connectivity index is 1.66. The average Bonchev–Trinajstić information content (AvgIpc) is 3.14. The Morgan fingerprint density at radius 2 is 2.14 bits per heavy atom. The first-order chi connectivity index (χ1) is 10.6. The second kappa shape index (κ2) is 6.29. The van der Waals surface area contributed by atoms with Crippen LogP contribution in [0.2, 0.25) is 0 Å². The van der Waals surface area contributed by atoms with Crippen LogP contribution in [0.1, 0.15) is 10.6 Å². The molecule has 0 bridgehead atoms. The molecule has 1 aromatic heterocycles. The number of carbonyl (C=O) groups is 1. The van der Waals surface area contributed by atoms with Crippen LogP contribution in [0.25, 0.3) is 11.3 Å². The van der Waals surface area contributed by atoms with Gasteiger partial charge in [0.2, 0.25) is 0 Å². The van der Waals surface area contributed by atoms with Gasteiger partial charge in [-0.1, -0.05) is 12.1 Å². The summed E-state index contributed by atoms with van der Waals surface area (Å²) in [5, 5.41) is 15.5. The maximum absolute atomic E-state index is 13.7. The van der Waals surface area contributed by atoms with E-state index in [2.05, 4.69) is 10.6 Å². The first kappa shape index (κ1) is 14.7. The van der Waals surface area contributed by atoms with Crippen molar-refractivity contribution < 1.29 is 18.7 Å². The van der Waals surface area contributed by atoms with E-state index < -0.39 is 11.9 Å². The van der Waals surface area contributed by atoms with Gasteiger partial charge >= 0.3 is 0 Å². The lowest BCUT2D eigenvalue weighted by molar-refractivity contribution is 0.0900. The molecule has 0 aliphatic carbocycles. The van der Waals surface area contributed by atoms with E-state index in [0.717, 1.165) is 0 Å². The van der Waals surface area contributed by atoms with Crippen LogP contribution in [-0.4, -0.2) is 36.8 Å². The second-order valence-electron chi connectivity index (χ2n) is 5.34. The monoisotopic (exact) mass is 304 g/mol. The summed E-state index contributed by atoms with van der Waals surface area (Å²) >= 11 is 0. The molecule has 0 spiro atoms. The normalized spacial score (nSPS) is 21.0. The summed E-state index contributed by atoms with van der Waals surface area (Å²) in [6, 6.07) is 9.31. The molecule has 5 nitrogen and oxygen atoms in total. The molecular weight excluding hydrogens is 287 g/mol. The molecule has 2 unspecified atom stereocenters. The van der Waals surface area contributed by atoms with Gasteiger partial charge in [0, 0.05) is 25.6 Å². The Kier molecular flexibility index (Phi) is 4.22. The molecule has 116 valence electrons. The van der Waals surface area contributed by atoms with E-state index in [0.29, 0.717) is 31.0 Å². The van der Waals surface area contributed by atoms with Crippen molar-refractivity contribution in [2.75, 3.05) is 19.6 Å². The molecule has 0 radical (unpaired) electrons. The molecule has 1 saturated heterocycles. The van der Waals surface area contributed by atoms with Crippen LogP contribution in [0.5, 0.6) is 0 Å². The highest BCUT2D eigenvalue weighted by atomic mass is 19.1. The van der Waals surface area contributed by atoms with Gasteiger partial charge in [-0.2, -0.15) is 0 Å². The fourth-order valence-electron chi connectivity index (χ4n) is 2.50. The summed E-state index contributed by atoms with van der Waals surface area (Å²) in [4.78, 5) is 12.0. The van der Waals surface area contributed by atoms with Crippen molar-refractivity contribution in [1.82, 2.24) is 10.6 Å². The topological polar surface area (TPSA) is 74.5 Å². The lowest BCUT2D eigenvalue weighted by Crippen LogP contribution is -2.34. The van der Waals surface area contributed by atoms with Crippen LogP contribution in [0.15, 0.2) is 40.8 Å². The van der Waals surface area contributed by atoms with Gasteiger partial charge < -0.3 is 20.2 Å². The molecule has 3 rings (SSSR count). The molecule has 1 aliphatic rings. The largest absolute Gasteiger partial charge is 0.451 e. The van der Waals surface area contributed by atoms with Gasteiger partial charge in [0.15, 0.2) is 5.76 Å². The fourth-order valence-corrected chi connectivity index (χ4v) is 2.50. The van der Waals surface area contributed by atoms with Crippen LogP contribution in [0.3, 0.4) is 0 Å². The van der Waals surface area contributed by atoms with Crippen molar-refractivity contribution in [3.05, 3.63) is 48.0 Å². The Morgan fingerprint density at radius 3 is 2.86 bits per heavy atom. The summed E-state index contributed by atoms with van der Waals surface area (Å²) in [5.41, 5.74) is 0.317. The van der Waals surface area contributed by atoms with Gasteiger partial charge in [0.1, 0.15) is 11.6 Å². The third-order valence-corrected chi connectivity index (χ3v) is 3.80. The zero-order chi connectivity index (χ0) is 15.5. The molecule has 2 aromatic rings. The minimum Gasteiger partial charge on any atom is -0.451 e. The predicted molar refractivity (Wildman–Crippen MR) is 78.8 cm³/mol. The van der Waals surface area contributed by atoms with Gasteiger partial charge in [-0.05, 0) is 24.3 Å². The van der Waals surface area contributed by atoms with E-state index in [-0.39, 0.29) is 17.6 Å². The maximum Gasteiger partial charge on any atom is 0.287 e. The minimum absolute atomic E-state index is 0.00931. The third kappa shape index (κ3) is 3.03. The molecule has 22 heavy (non-hydrogen) atoms. The first-order valence-electron chi connectivity index (χ1n) is 7.17. The quantitative estimate of drug-likeness (QED) is 0.798. The number of nitrogens with one attached hydrogen (secondary N) is 2. The number of rotatable bonds is 4. The molecule has 2 heterocycles. The number of hydrogen-bond acceptors (Lipinski definition) is 4. The van der Waals surface area contributed by atoms with Crippen molar-refractivity contribution >= 4 is 5.91 Å². The third-order valence-electron chi connectivity index (χ3n) is 3.80. The summed E-state index contributed by atoms with van der Waals surface area (Å²) in [7, 11) is 0. The van der Waals surface area contributed by atoms with Crippen LogP contribution in [0.4, 0.5) is 4.39 Å². The van der Waals surface area contributed by atoms with Gasteiger partial charge in [0.05, 0.1) is 11.7 Å². The zero-order valence-electron chi connectivity index (χ0n) is 11.9. The Labute approximate surface area is 127 Å². The summed E-state index contributed by atoms with van der Waals surface area (Å²) < 4.78 is 19.1. The van der Waals surface area contributed by atoms with E-state index in [9.17, 15) is 14.3 Å². The van der Waals surface area contributed by atoms with Gasteiger partial charge in [0.25, 0.3) is 5.91 Å². The van der Waals surface area contributed by atoms with Crippen LogP contribution in [0, 0.1) is 11.7 Å². The lowest BCUT2D eigenvalue weighted by atomic mass is 10.1. The van der Waals surface area contributed by atoms with E-state index in [1.54, 1.807) is 24.3 Å². The molecule has 0 saturated carbocycles. The molecule has 6 heteroatoms. The van der Waals surface area contributed by atoms with Crippen molar-refractivity contribution in [3.8, 4) is 11.3 Å². The van der Waals surface area contributed by atoms with E-state index in [1.807, 2.05) is 0 Å². The molecule has 1 aliphatic heterocycles. The number of hydrogen-bond donors (Lipinski definition) is 3. The molecule has 3 N–H and O–H groups in total. The Bertz CT molecular complexity index is 671. The number of amides is 1. The SMILES string of the molecule is O=C(NCC1CNCC1O)c1ccc(-c2ccccc2F)o1. The predicted octanol–water partition coefficient (Wildman–Crippen LogP) is 1.40. The number of aliphatic hydroxyl groups excluding tert-OH is 1. The van der Waals surface area contributed by atoms with Crippen molar-refractivity contribution in [1.29, 1.82) is 0 Å². The number of furan rings is 1. The molecule has 1 fully saturated rings. The zero-order valence-corrected chi connectivity index (χ0v) is 11.9. The van der Waals surface area contributed by atoms with Crippen molar-refractivity contribution in [2.24, 2.45) is 5.92 Å². The first-order valence-corrected chi connectivity index (χ1v) is 7.17. The molecular formula is C16H17FN2O3. The summed E-state index contributed by atoms with van der Waals surface area (Å²) in [6.45, 7) is 1.57. The smallest absolute Gasteiger partial charge is 0.287 e. The Hall–Kier alpha value is -2.18. The maximum atomic E-state index is 13.7. The number of aliphatic hydroxyl groups is 1. The molecule has 1 aromatic carbocycles. The second-order valence-corrected chi connectivity index (χ2v) is 5.34. The highest BCUT2D eigenvalue weighted by Crippen LogP contribution is 2.24. The van der Waals surface area contributed by atoms with Gasteiger partial charge in [-0.15, -0.1) is 0 Å². The van der Waals surface area contributed by atoms with Gasteiger partial charge in [-0.3, -0.25) is 4.79 Å². The van der Waals surface area contributed by atoms with E-state index in [4.69, 9.17) is 4.42 Å². The molecule has 1 amide bonds. The lowest BCUT2D eigenvalue weighted by Gasteiger charge is -2.13.